The fourth-order valence-corrected chi connectivity index (χ4v) is 3.84. The van der Waals surface area contributed by atoms with E-state index < -0.39 is 5.91 Å². The largest absolute Gasteiger partial charge is 0.467 e. The molecular formula is C19H19ClN6O3S. The number of halogens is 1. The molecule has 0 unspecified atom stereocenters. The number of hydrogen-bond donors (Lipinski definition) is 2. The molecule has 1 aliphatic heterocycles. The van der Waals surface area contributed by atoms with Gasteiger partial charge in [0, 0.05) is 48.4 Å². The highest BCUT2D eigenvalue weighted by atomic mass is 35.5. The molecule has 2 N–H and O–H groups in total. The summed E-state index contributed by atoms with van der Waals surface area (Å²) in [6.45, 7) is 2.69. The fraction of sp³-hybridized carbons (Fsp3) is 0.263. The molecule has 11 heteroatoms. The number of amides is 3. The maximum atomic E-state index is 12.7. The van der Waals surface area contributed by atoms with Crippen molar-refractivity contribution in [2.45, 2.75) is 6.54 Å². The van der Waals surface area contributed by atoms with Gasteiger partial charge in [-0.2, -0.15) is 0 Å². The second kappa shape index (κ2) is 9.14. The van der Waals surface area contributed by atoms with Crippen molar-refractivity contribution in [3.63, 3.8) is 0 Å². The number of carbonyl (C=O) groups is 2. The van der Waals surface area contributed by atoms with Gasteiger partial charge in [0.1, 0.15) is 5.76 Å². The number of nitrogens with zero attached hydrogens (tertiary/aromatic N) is 4. The predicted molar refractivity (Wildman–Crippen MR) is 114 cm³/mol. The Morgan fingerprint density at radius 1 is 1.17 bits per heavy atom. The second-order valence-electron chi connectivity index (χ2n) is 6.60. The molecule has 156 valence electrons. The highest BCUT2D eigenvalue weighted by Crippen LogP contribution is 2.22. The number of furan rings is 1. The van der Waals surface area contributed by atoms with Crippen LogP contribution in [0.3, 0.4) is 0 Å². The molecule has 2 aromatic heterocycles. The first kappa shape index (κ1) is 20.2. The van der Waals surface area contributed by atoms with Crippen LogP contribution in [-0.2, 0) is 6.54 Å². The highest BCUT2D eigenvalue weighted by molar-refractivity contribution is 7.10. The molecule has 0 spiro atoms. The van der Waals surface area contributed by atoms with Gasteiger partial charge in [-0.05, 0) is 30.3 Å². The molecule has 1 fully saturated rings. The normalized spacial score (nSPS) is 13.9. The Balaban J connectivity index is 1.31. The van der Waals surface area contributed by atoms with Gasteiger partial charge in [0.25, 0.3) is 5.91 Å². The summed E-state index contributed by atoms with van der Waals surface area (Å²) in [6, 6.07) is 10.9. The zero-order valence-electron chi connectivity index (χ0n) is 15.9. The van der Waals surface area contributed by atoms with E-state index in [-0.39, 0.29) is 18.3 Å². The summed E-state index contributed by atoms with van der Waals surface area (Å²) in [4.78, 5) is 28.9. The van der Waals surface area contributed by atoms with E-state index in [1.54, 1.807) is 17.0 Å². The van der Waals surface area contributed by atoms with Crippen molar-refractivity contribution in [1.82, 2.24) is 19.8 Å². The molecule has 9 nitrogen and oxygen atoms in total. The van der Waals surface area contributed by atoms with Gasteiger partial charge >= 0.3 is 6.03 Å². The Morgan fingerprint density at radius 2 is 2.00 bits per heavy atom. The van der Waals surface area contributed by atoms with Crippen LogP contribution >= 0.6 is 23.1 Å². The van der Waals surface area contributed by atoms with Crippen molar-refractivity contribution in [3.8, 4) is 0 Å². The third-order valence-electron chi connectivity index (χ3n) is 4.67. The van der Waals surface area contributed by atoms with Crippen LogP contribution in [0.25, 0.3) is 0 Å². The van der Waals surface area contributed by atoms with Crippen LogP contribution in [0.1, 0.15) is 16.2 Å². The van der Waals surface area contributed by atoms with E-state index >= 15 is 0 Å². The Morgan fingerprint density at radius 3 is 2.73 bits per heavy atom. The minimum Gasteiger partial charge on any atom is -0.467 e. The van der Waals surface area contributed by atoms with E-state index in [1.807, 2.05) is 24.3 Å². The third-order valence-corrected chi connectivity index (χ3v) is 5.54. The molecule has 3 amide bonds. The summed E-state index contributed by atoms with van der Waals surface area (Å²) in [5, 5.41) is 10.3. The number of hydrogen-bond acceptors (Lipinski definition) is 7. The average molecular weight is 447 g/mol. The molecule has 0 radical (unpaired) electrons. The molecular weight excluding hydrogens is 428 g/mol. The van der Waals surface area contributed by atoms with Gasteiger partial charge in [0.15, 0.2) is 10.7 Å². The van der Waals surface area contributed by atoms with Gasteiger partial charge in [-0.25, -0.2) is 4.79 Å². The molecule has 1 saturated heterocycles. The van der Waals surface area contributed by atoms with Gasteiger partial charge in [-0.15, -0.1) is 5.10 Å². The maximum absolute atomic E-state index is 12.7. The third kappa shape index (κ3) is 4.71. The van der Waals surface area contributed by atoms with Crippen LogP contribution in [0.4, 0.5) is 15.5 Å². The van der Waals surface area contributed by atoms with Gasteiger partial charge in [0.2, 0.25) is 0 Å². The van der Waals surface area contributed by atoms with Gasteiger partial charge < -0.3 is 19.5 Å². The lowest BCUT2D eigenvalue weighted by molar-refractivity contribution is 0.0944. The quantitative estimate of drug-likeness (QED) is 0.624. The zero-order chi connectivity index (χ0) is 20.9. The summed E-state index contributed by atoms with van der Waals surface area (Å²) in [5.41, 5.74) is 1.11. The molecule has 1 aliphatic rings. The number of carbonyl (C=O) groups excluding carboxylic acids is 2. The van der Waals surface area contributed by atoms with Gasteiger partial charge in [-0.3, -0.25) is 10.1 Å². The standard InChI is InChI=1S/C19H19ClN6O3S/c20-13-3-1-4-14(11-13)25-6-8-26(9-7-25)19(28)22-18-16(23-24-30-18)17(27)21-12-15-5-2-10-29-15/h1-5,10-11H,6-9,12H2,(H,21,27)(H,22,28). The molecule has 0 atom stereocenters. The average Bonchev–Trinajstić information content (AvgIpc) is 3.44. The maximum Gasteiger partial charge on any atom is 0.322 e. The van der Waals surface area contributed by atoms with E-state index in [1.165, 1.54) is 6.26 Å². The lowest BCUT2D eigenvalue weighted by Gasteiger charge is -2.36. The summed E-state index contributed by atoms with van der Waals surface area (Å²) < 4.78 is 8.99. The van der Waals surface area contributed by atoms with Crippen molar-refractivity contribution in [2.75, 3.05) is 36.4 Å². The van der Waals surface area contributed by atoms with Crippen molar-refractivity contribution >= 4 is 45.8 Å². The monoisotopic (exact) mass is 446 g/mol. The summed E-state index contributed by atoms with van der Waals surface area (Å²) in [6.07, 6.45) is 1.53. The number of benzene rings is 1. The molecule has 0 aliphatic carbocycles. The highest BCUT2D eigenvalue weighted by Gasteiger charge is 2.24. The van der Waals surface area contributed by atoms with E-state index in [2.05, 4.69) is 25.1 Å². The van der Waals surface area contributed by atoms with Crippen LogP contribution in [-0.4, -0.2) is 52.6 Å². The molecule has 0 bridgehead atoms. The van der Waals surface area contributed by atoms with E-state index in [0.29, 0.717) is 42.0 Å². The molecule has 3 aromatic rings. The Hall–Kier alpha value is -3.11. The summed E-state index contributed by atoms with van der Waals surface area (Å²) >= 11 is 7.03. The fourth-order valence-electron chi connectivity index (χ4n) is 3.10. The minimum atomic E-state index is -0.429. The van der Waals surface area contributed by atoms with Crippen molar-refractivity contribution in [2.24, 2.45) is 0 Å². The number of piperazine rings is 1. The first-order chi connectivity index (χ1) is 14.6. The molecule has 4 rings (SSSR count). The van der Waals surface area contributed by atoms with Crippen LogP contribution in [0.15, 0.2) is 47.1 Å². The van der Waals surface area contributed by atoms with Crippen molar-refractivity contribution in [1.29, 1.82) is 0 Å². The summed E-state index contributed by atoms with van der Waals surface area (Å²) in [7, 11) is 0. The van der Waals surface area contributed by atoms with Crippen LogP contribution < -0.4 is 15.5 Å². The molecule has 0 saturated carbocycles. The Kier molecular flexibility index (Phi) is 6.15. The van der Waals surface area contributed by atoms with E-state index in [4.69, 9.17) is 16.0 Å². The SMILES string of the molecule is O=C(NCc1ccco1)c1nnsc1NC(=O)N1CCN(c2cccc(Cl)c2)CC1. The number of nitrogens with one attached hydrogen (secondary N) is 2. The van der Waals surface area contributed by atoms with Crippen LogP contribution in [0.5, 0.6) is 0 Å². The lowest BCUT2D eigenvalue weighted by Crippen LogP contribution is -2.50. The predicted octanol–water partition coefficient (Wildman–Crippen LogP) is 3.07. The van der Waals surface area contributed by atoms with Crippen molar-refractivity contribution < 1.29 is 14.0 Å². The Bertz CT molecular complexity index is 1020. The van der Waals surface area contributed by atoms with E-state index in [0.717, 1.165) is 17.2 Å². The van der Waals surface area contributed by atoms with Gasteiger partial charge in [-0.1, -0.05) is 22.2 Å². The number of aromatic nitrogens is 2. The van der Waals surface area contributed by atoms with Crippen LogP contribution in [0.2, 0.25) is 5.02 Å². The minimum absolute atomic E-state index is 0.0810. The smallest absolute Gasteiger partial charge is 0.322 e. The second-order valence-corrected chi connectivity index (χ2v) is 7.79. The number of rotatable bonds is 5. The lowest BCUT2D eigenvalue weighted by atomic mass is 10.2. The Labute approximate surface area is 181 Å². The molecule has 30 heavy (non-hydrogen) atoms. The molecule has 3 heterocycles. The summed E-state index contributed by atoms with van der Waals surface area (Å²) in [5.74, 6) is 0.191. The first-order valence-electron chi connectivity index (χ1n) is 9.29. The topological polar surface area (TPSA) is 104 Å². The molecule has 1 aromatic carbocycles. The number of anilines is 2. The van der Waals surface area contributed by atoms with Crippen molar-refractivity contribution in [3.05, 3.63) is 59.1 Å². The first-order valence-corrected chi connectivity index (χ1v) is 10.4. The van der Waals surface area contributed by atoms with Gasteiger partial charge in [0.05, 0.1) is 12.8 Å². The number of urea groups is 1. The zero-order valence-corrected chi connectivity index (χ0v) is 17.4. The van der Waals surface area contributed by atoms with E-state index in [9.17, 15) is 9.59 Å². The van der Waals surface area contributed by atoms with Crippen LogP contribution in [0, 0.1) is 0 Å².